The van der Waals surface area contributed by atoms with Gasteiger partial charge in [-0.05, 0) is 49.1 Å². The number of anilines is 1. The largest absolute Gasteiger partial charge is 0.456 e. The number of nitrogens with zero attached hydrogens (tertiary/aromatic N) is 3. The summed E-state index contributed by atoms with van der Waals surface area (Å²) in [5.74, 6) is 0.453. The molecule has 3 aromatic rings. The molecule has 1 aromatic carbocycles. The molecular weight excluding hydrogens is 463 g/mol. The summed E-state index contributed by atoms with van der Waals surface area (Å²) >= 11 is 0. The number of likely N-dealkylation sites (N-methyl/N-ethyl adjacent to an activating group) is 1. The van der Waals surface area contributed by atoms with Crippen LogP contribution >= 0.6 is 0 Å². The van der Waals surface area contributed by atoms with E-state index in [9.17, 15) is 14.0 Å². The molecule has 0 aliphatic carbocycles. The number of aryl methyl sites for hydroxylation is 2. The van der Waals surface area contributed by atoms with E-state index in [2.05, 4.69) is 15.2 Å². The van der Waals surface area contributed by atoms with E-state index in [-0.39, 0.29) is 30.0 Å². The number of benzene rings is 1. The van der Waals surface area contributed by atoms with E-state index in [0.717, 1.165) is 29.8 Å². The fourth-order valence-corrected chi connectivity index (χ4v) is 4.78. The first kappa shape index (κ1) is 24.1. The average molecular weight is 493 g/mol. The molecule has 188 valence electrons. The monoisotopic (exact) mass is 492 g/mol. The van der Waals surface area contributed by atoms with E-state index in [0.29, 0.717) is 43.0 Å². The smallest absolute Gasteiger partial charge is 0.246 e. The first-order valence-electron chi connectivity index (χ1n) is 12.1. The summed E-state index contributed by atoms with van der Waals surface area (Å²) < 4.78 is 25.2. The minimum Gasteiger partial charge on any atom is -0.456 e. The normalized spacial score (nSPS) is 18.8. The molecule has 5 rings (SSSR count). The third-order valence-electron chi connectivity index (χ3n) is 6.90. The Bertz CT molecular complexity index is 1330. The molecule has 1 saturated heterocycles. The van der Waals surface area contributed by atoms with Gasteiger partial charge in [0.15, 0.2) is 11.4 Å². The van der Waals surface area contributed by atoms with Gasteiger partial charge in [-0.1, -0.05) is 12.1 Å². The Morgan fingerprint density at radius 1 is 1.33 bits per heavy atom. The summed E-state index contributed by atoms with van der Waals surface area (Å²) in [6.07, 6.45) is 6.24. The second kappa shape index (κ2) is 10.2. The molecule has 8 nitrogen and oxygen atoms in total. The Balaban J connectivity index is 1.25. The van der Waals surface area contributed by atoms with Gasteiger partial charge >= 0.3 is 0 Å². The number of furan rings is 1. The third kappa shape index (κ3) is 4.89. The topological polar surface area (TPSA) is 87.9 Å². The number of amides is 2. The number of carbonyl (C=O) groups excluding carboxylic acids is 2. The summed E-state index contributed by atoms with van der Waals surface area (Å²) in [5, 5.41) is 3.67. The van der Waals surface area contributed by atoms with Crippen molar-refractivity contribution in [1.82, 2.24) is 14.8 Å². The van der Waals surface area contributed by atoms with Gasteiger partial charge in [0, 0.05) is 43.4 Å². The molecule has 0 unspecified atom stereocenters. The first-order chi connectivity index (χ1) is 17.4. The van der Waals surface area contributed by atoms with Crippen LogP contribution in [0.15, 0.2) is 41.0 Å². The van der Waals surface area contributed by atoms with Crippen LogP contribution in [-0.2, 0) is 27.3 Å². The van der Waals surface area contributed by atoms with Crippen molar-refractivity contribution in [2.24, 2.45) is 0 Å². The van der Waals surface area contributed by atoms with Crippen LogP contribution in [0.2, 0.25) is 0 Å². The molecule has 0 spiro atoms. The zero-order valence-electron chi connectivity index (χ0n) is 20.4. The Morgan fingerprint density at radius 2 is 2.14 bits per heavy atom. The van der Waals surface area contributed by atoms with Gasteiger partial charge in [-0.2, -0.15) is 0 Å². The van der Waals surface area contributed by atoms with Gasteiger partial charge in [0.1, 0.15) is 11.6 Å². The summed E-state index contributed by atoms with van der Waals surface area (Å²) in [7, 11) is 1.67. The standard InChI is InChI=1S/C27H29FN4O4/c1-17-20-4-3-5-21(28)25(20)36-23(17)16-31(2)24(33)9-6-18-14-19-7-8-22(32-10-12-35-13-11-32)27(34)30-26(19)29-15-18/h3-6,9,14-15,22H,7-8,10-13,16H2,1-2H3,(H,29,30,34)/b9-6+/t22-/m0/s1. The van der Waals surface area contributed by atoms with E-state index >= 15 is 0 Å². The quantitative estimate of drug-likeness (QED) is 0.549. The molecule has 2 aliphatic rings. The highest BCUT2D eigenvalue weighted by Crippen LogP contribution is 2.28. The van der Waals surface area contributed by atoms with Gasteiger partial charge < -0.3 is 19.4 Å². The molecule has 2 aliphatic heterocycles. The molecule has 0 bridgehead atoms. The summed E-state index contributed by atoms with van der Waals surface area (Å²) in [6.45, 7) is 4.85. The van der Waals surface area contributed by atoms with E-state index < -0.39 is 5.82 Å². The average Bonchev–Trinajstić information content (AvgIpc) is 3.10. The van der Waals surface area contributed by atoms with Crippen molar-refractivity contribution >= 4 is 34.7 Å². The highest BCUT2D eigenvalue weighted by Gasteiger charge is 2.30. The Hall–Kier alpha value is -3.56. The fraction of sp³-hybridized carbons (Fsp3) is 0.370. The van der Waals surface area contributed by atoms with Gasteiger partial charge in [-0.15, -0.1) is 0 Å². The second-order valence-corrected chi connectivity index (χ2v) is 9.26. The highest BCUT2D eigenvalue weighted by molar-refractivity contribution is 5.96. The van der Waals surface area contributed by atoms with Crippen LogP contribution in [-0.4, -0.2) is 66.0 Å². The maximum atomic E-state index is 14.0. The highest BCUT2D eigenvalue weighted by atomic mass is 19.1. The van der Waals surface area contributed by atoms with E-state index in [1.54, 1.807) is 31.5 Å². The Labute approximate surface area is 208 Å². The van der Waals surface area contributed by atoms with Crippen LogP contribution in [0.1, 0.15) is 28.9 Å². The molecular formula is C27H29FN4O4. The SMILES string of the molecule is Cc1c(CN(C)C(=O)/C=C/c2cnc3c(c2)CC[C@H](N2CCOCC2)C(=O)N3)oc2c(F)cccc12. The second-order valence-electron chi connectivity index (χ2n) is 9.26. The van der Waals surface area contributed by atoms with Gasteiger partial charge in [-0.3, -0.25) is 14.5 Å². The molecule has 0 radical (unpaired) electrons. The maximum absolute atomic E-state index is 14.0. The zero-order chi connectivity index (χ0) is 25.2. The lowest BCUT2D eigenvalue weighted by molar-refractivity contribution is -0.125. The number of halogens is 1. The minimum atomic E-state index is -0.418. The van der Waals surface area contributed by atoms with Crippen molar-refractivity contribution < 1.29 is 23.1 Å². The van der Waals surface area contributed by atoms with Crippen molar-refractivity contribution in [3.63, 3.8) is 0 Å². The lowest BCUT2D eigenvalue weighted by atomic mass is 10.0. The number of hydrogen-bond donors (Lipinski definition) is 1. The van der Waals surface area contributed by atoms with Crippen LogP contribution in [0.5, 0.6) is 0 Å². The molecule has 2 amide bonds. The van der Waals surface area contributed by atoms with Crippen LogP contribution in [0, 0.1) is 12.7 Å². The summed E-state index contributed by atoms with van der Waals surface area (Å²) in [6, 6.07) is 6.56. The van der Waals surface area contributed by atoms with Crippen LogP contribution in [0.4, 0.5) is 10.2 Å². The fourth-order valence-electron chi connectivity index (χ4n) is 4.78. The summed E-state index contributed by atoms with van der Waals surface area (Å²) in [5.41, 5.74) is 2.75. The van der Waals surface area contributed by atoms with Gasteiger partial charge in [-0.25, -0.2) is 9.37 Å². The van der Waals surface area contributed by atoms with Gasteiger partial charge in [0.05, 0.1) is 25.8 Å². The first-order valence-corrected chi connectivity index (χ1v) is 12.1. The number of carbonyl (C=O) groups is 2. The van der Waals surface area contributed by atoms with Crippen molar-refractivity contribution in [1.29, 1.82) is 0 Å². The van der Waals surface area contributed by atoms with Crippen LogP contribution < -0.4 is 5.32 Å². The number of nitrogens with one attached hydrogen (secondary N) is 1. The van der Waals surface area contributed by atoms with Crippen molar-refractivity contribution in [3.05, 3.63) is 64.8 Å². The molecule has 1 fully saturated rings. The number of hydrogen-bond acceptors (Lipinski definition) is 6. The Kier molecular flexibility index (Phi) is 6.84. The molecule has 36 heavy (non-hydrogen) atoms. The zero-order valence-corrected chi connectivity index (χ0v) is 20.4. The number of pyridine rings is 1. The lowest BCUT2D eigenvalue weighted by Gasteiger charge is -2.32. The number of rotatable bonds is 5. The summed E-state index contributed by atoms with van der Waals surface area (Å²) in [4.78, 5) is 33.6. The van der Waals surface area contributed by atoms with Crippen molar-refractivity contribution in [2.75, 3.05) is 38.7 Å². The third-order valence-corrected chi connectivity index (χ3v) is 6.90. The lowest BCUT2D eigenvalue weighted by Crippen LogP contribution is -2.48. The predicted octanol–water partition coefficient (Wildman–Crippen LogP) is 3.53. The van der Waals surface area contributed by atoms with E-state index in [1.807, 2.05) is 13.0 Å². The van der Waals surface area contributed by atoms with Crippen LogP contribution in [0.25, 0.3) is 17.0 Å². The minimum absolute atomic E-state index is 0.0380. The number of aromatic nitrogens is 1. The number of para-hydroxylation sites is 1. The van der Waals surface area contributed by atoms with E-state index in [4.69, 9.17) is 9.15 Å². The molecule has 1 N–H and O–H groups in total. The van der Waals surface area contributed by atoms with Crippen LogP contribution in [0.3, 0.4) is 0 Å². The Morgan fingerprint density at radius 3 is 2.92 bits per heavy atom. The van der Waals surface area contributed by atoms with Crippen molar-refractivity contribution in [2.45, 2.75) is 32.4 Å². The predicted molar refractivity (Wildman–Crippen MR) is 134 cm³/mol. The molecule has 0 saturated carbocycles. The van der Waals surface area contributed by atoms with E-state index in [1.165, 1.54) is 17.0 Å². The number of morpholine rings is 1. The number of ether oxygens (including phenoxy) is 1. The van der Waals surface area contributed by atoms with Crippen molar-refractivity contribution in [3.8, 4) is 0 Å². The molecule has 2 aromatic heterocycles. The molecule has 1 atom stereocenters. The molecule has 9 heteroatoms. The van der Waals surface area contributed by atoms with Gasteiger partial charge in [0.25, 0.3) is 0 Å². The molecule has 4 heterocycles. The van der Waals surface area contributed by atoms with Gasteiger partial charge in [0.2, 0.25) is 11.8 Å². The number of fused-ring (bicyclic) bond motifs is 2. The maximum Gasteiger partial charge on any atom is 0.246 e.